The molecular weight excluding hydrogens is 282 g/mol. The first-order valence-electron chi connectivity index (χ1n) is 8.41. The highest BCUT2D eigenvalue weighted by atomic mass is 32.2. The van der Waals surface area contributed by atoms with Crippen LogP contribution in [0.5, 0.6) is 0 Å². The van der Waals surface area contributed by atoms with Gasteiger partial charge in [0.15, 0.2) is 5.96 Å². The van der Waals surface area contributed by atoms with Gasteiger partial charge in [0, 0.05) is 30.6 Å². The first-order valence-corrected chi connectivity index (χ1v) is 9.46. The van der Waals surface area contributed by atoms with E-state index in [2.05, 4.69) is 42.7 Å². The normalized spacial score (nSPS) is 26.4. The van der Waals surface area contributed by atoms with Crippen LogP contribution in [0.2, 0.25) is 0 Å². The average molecular weight is 314 g/mol. The fraction of sp³-hybridized carbons (Fsp3) is 0.938. The summed E-state index contributed by atoms with van der Waals surface area (Å²) in [4.78, 5) is 7.13. The predicted molar refractivity (Wildman–Crippen MR) is 92.1 cm³/mol. The van der Waals surface area contributed by atoms with E-state index in [0.717, 1.165) is 57.0 Å². The van der Waals surface area contributed by atoms with E-state index in [4.69, 9.17) is 4.99 Å². The predicted octanol–water partition coefficient (Wildman–Crippen LogP) is 2.33. The van der Waals surface area contributed by atoms with Crippen LogP contribution in [0.25, 0.3) is 0 Å². The number of rotatable bonds is 4. The summed E-state index contributed by atoms with van der Waals surface area (Å²) in [5.74, 6) is 2.85. The molecule has 0 aromatic carbocycles. The molecule has 5 heteroatoms. The van der Waals surface area contributed by atoms with Crippen molar-refractivity contribution in [3.05, 3.63) is 0 Å². The van der Waals surface area contributed by atoms with Gasteiger partial charge in [-0.25, -0.2) is 0 Å². The van der Waals surface area contributed by atoms with Crippen molar-refractivity contribution in [2.75, 3.05) is 31.9 Å². The maximum absolute atomic E-state index is 10.5. The molecule has 2 fully saturated rings. The van der Waals surface area contributed by atoms with Gasteiger partial charge in [-0.2, -0.15) is 11.8 Å². The Bertz CT molecular complexity index is 353. The molecule has 21 heavy (non-hydrogen) atoms. The van der Waals surface area contributed by atoms with Gasteiger partial charge in [-0.1, -0.05) is 26.7 Å². The van der Waals surface area contributed by atoms with Crippen LogP contribution in [-0.4, -0.2) is 58.7 Å². The summed E-state index contributed by atoms with van der Waals surface area (Å²) in [6, 6.07) is 0. The van der Waals surface area contributed by atoms with Crippen molar-refractivity contribution in [2.45, 2.75) is 57.3 Å². The number of thioether (sulfide) groups is 1. The van der Waals surface area contributed by atoms with Crippen molar-refractivity contribution >= 4 is 17.7 Å². The second kappa shape index (κ2) is 7.73. The number of hydrogen-bond acceptors (Lipinski definition) is 3. The van der Waals surface area contributed by atoms with E-state index in [9.17, 15) is 5.11 Å². The molecule has 0 spiro atoms. The Hall–Kier alpha value is -0.420. The summed E-state index contributed by atoms with van der Waals surface area (Å²) in [7, 11) is 0. The third kappa shape index (κ3) is 4.78. The van der Waals surface area contributed by atoms with Crippen LogP contribution in [0.1, 0.15) is 46.5 Å². The Morgan fingerprint density at radius 1 is 1.43 bits per heavy atom. The van der Waals surface area contributed by atoms with Crippen LogP contribution in [0.4, 0.5) is 0 Å². The minimum Gasteiger partial charge on any atom is -0.388 e. The van der Waals surface area contributed by atoms with Crippen molar-refractivity contribution in [2.24, 2.45) is 10.9 Å². The number of guanidine groups is 1. The van der Waals surface area contributed by atoms with E-state index in [1.165, 1.54) is 0 Å². The molecule has 0 radical (unpaired) electrons. The number of nitrogens with zero attached hydrogens (tertiary/aromatic N) is 2. The van der Waals surface area contributed by atoms with Gasteiger partial charge in [0.05, 0.1) is 12.1 Å². The Labute approximate surface area is 133 Å². The quantitative estimate of drug-likeness (QED) is 0.618. The maximum Gasteiger partial charge on any atom is 0.194 e. The Morgan fingerprint density at radius 2 is 2.14 bits per heavy atom. The summed E-state index contributed by atoms with van der Waals surface area (Å²) in [6.45, 7) is 10.3. The molecular formula is C16H31N3OS. The SMILES string of the molecule is CCNC(=NCC1(O)CCCC1)N1CCSC(C(C)C)C1. The van der Waals surface area contributed by atoms with Gasteiger partial charge < -0.3 is 15.3 Å². The van der Waals surface area contributed by atoms with Crippen molar-refractivity contribution in [1.29, 1.82) is 0 Å². The Morgan fingerprint density at radius 3 is 2.76 bits per heavy atom. The zero-order valence-corrected chi connectivity index (χ0v) is 14.6. The lowest BCUT2D eigenvalue weighted by molar-refractivity contribution is 0.0571. The highest BCUT2D eigenvalue weighted by molar-refractivity contribution is 8.00. The fourth-order valence-corrected chi connectivity index (χ4v) is 4.41. The first kappa shape index (κ1) is 16.9. The van der Waals surface area contributed by atoms with E-state index >= 15 is 0 Å². The van der Waals surface area contributed by atoms with Gasteiger partial charge in [-0.3, -0.25) is 4.99 Å². The van der Waals surface area contributed by atoms with E-state index in [1.54, 1.807) is 0 Å². The molecule has 2 rings (SSSR count). The number of hydrogen-bond donors (Lipinski definition) is 2. The van der Waals surface area contributed by atoms with Crippen molar-refractivity contribution < 1.29 is 5.11 Å². The molecule has 0 amide bonds. The lowest BCUT2D eigenvalue weighted by Gasteiger charge is -2.36. The molecule has 1 saturated carbocycles. The summed E-state index contributed by atoms with van der Waals surface area (Å²) in [6.07, 6.45) is 4.08. The standard InChI is InChI=1S/C16H31N3OS/c1-4-17-15(18-12-16(20)7-5-6-8-16)19-9-10-21-14(11-19)13(2)3/h13-14,20H,4-12H2,1-3H3,(H,17,18). The van der Waals surface area contributed by atoms with Gasteiger partial charge >= 0.3 is 0 Å². The molecule has 1 atom stereocenters. The lowest BCUT2D eigenvalue weighted by atomic mass is 10.0. The lowest BCUT2D eigenvalue weighted by Crippen LogP contribution is -2.49. The van der Waals surface area contributed by atoms with Crippen LogP contribution in [0.15, 0.2) is 4.99 Å². The molecule has 2 N–H and O–H groups in total. The summed E-state index contributed by atoms with van der Waals surface area (Å²) < 4.78 is 0. The van der Waals surface area contributed by atoms with Crippen LogP contribution >= 0.6 is 11.8 Å². The maximum atomic E-state index is 10.5. The number of aliphatic imine (C=N–C) groups is 1. The molecule has 1 aliphatic heterocycles. The van der Waals surface area contributed by atoms with E-state index < -0.39 is 5.60 Å². The molecule has 1 aliphatic carbocycles. The fourth-order valence-electron chi connectivity index (χ4n) is 3.11. The molecule has 0 bridgehead atoms. The minimum atomic E-state index is -0.553. The Kier molecular flexibility index (Phi) is 6.23. The highest BCUT2D eigenvalue weighted by Crippen LogP contribution is 2.30. The van der Waals surface area contributed by atoms with E-state index in [0.29, 0.717) is 17.7 Å². The van der Waals surface area contributed by atoms with Crippen LogP contribution in [0.3, 0.4) is 0 Å². The molecule has 1 unspecified atom stereocenters. The zero-order chi connectivity index (χ0) is 15.3. The van der Waals surface area contributed by atoms with E-state index in [-0.39, 0.29) is 0 Å². The summed E-state index contributed by atoms with van der Waals surface area (Å²) >= 11 is 2.08. The highest BCUT2D eigenvalue weighted by Gasteiger charge is 2.31. The second-order valence-corrected chi connectivity index (χ2v) is 8.05. The third-order valence-electron chi connectivity index (χ3n) is 4.53. The van der Waals surface area contributed by atoms with Crippen LogP contribution in [-0.2, 0) is 0 Å². The first-order chi connectivity index (χ1) is 10.0. The number of aliphatic hydroxyl groups is 1. The van der Waals surface area contributed by atoms with E-state index in [1.807, 2.05) is 0 Å². The molecule has 1 saturated heterocycles. The Balaban J connectivity index is 1.99. The third-order valence-corrected chi connectivity index (χ3v) is 6.07. The molecule has 122 valence electrons. The van der Waals surface area contributed by atoms with Gasteiger partial charge in [0.2, 0.25) is 0 Å². The summed E-state index contributed by atoms with van der Waals surface area (Å²) in [5.41, 5.74) is -0.553. The van der Waals surface area contributed by atoms with Crippen molar-refractivity contribution in [3.8, 4) is 0 Å². The molecule has 2 aliphatic rings. The van der Waals surface area contributed by atoms with Crippen molar-refractivity contribution in [1.82, 2.24) is 10.2 Å². The van der Waals surface area contributed by atoms with Gasteiger partial charge in [0.1, 0.15) is 0 Å². The molecule has 4 nitrogen and oxygen atoms in total. The van der Waals surface area contributed by atoms with Crippen LogP contribution in [0, 0.1) is 5.92 Å². The van der Waals surface area contributed by atoms with Gasteiger partial charge in [0.25, 0.3) is 0 Å². The van der Waals surface area contributed by atoms with Crippen molar-refractivity contribution in [3.63, 3.8) is 0 Å². The molecule has 1 heterocycles. The average Bonchev–Trinajstić information content (AvgIpc) is 2.91. The second-order valence-electron chi connectivity index (χ2n) is 6.70. The topological polar surface area (TPSA) is 47.9 Å². The largest absolute Gasteiger partial charge is 0.388 e. The number of nitrogens with one attached hydrogen (secondary N) is 1. The smallest absolute Gasteiger partial charge is 0.194 e. The zero-order valence-electron chi connectivity index (χ0n) is 13.8. The molecule has 0 aromatic rings. The summed E-state index contributed by atoms with van der Waals surface area (Å²) in [5, 5.41) is 14.6. The van der Waals surface area contributed by atoms with Gasteiger partial charge in [-0.15, -0.1) is 0 Å². The molecule has 0 aromatic heterocycles. The minimum absolute atomic E-state index is 0.547. The van der Waals surface area contributed by atoms with Crippen LogP contribution < -0.4 is 5.32 Å². The van der Waals surface area contributed by atoms with Gasteiger partial charge in [-0.05, 0) is 25.7 Å². The monoisotopic (exact) mass is 313 g/mol.